The number of rotatable bonds is 8. The zero-order chi connectivity index (χ0) is 19.8. The summed E-state index contributed by atoms with van der Waals surface area (Å²) in [5.74, 6) is -0.664. The van der Waals surface area contributed by atoms with Crippen molar-refractivity contribution in [2.45, 2.75) is 13.0 Å². The Morgan fingerprint density at radius 2 is 1.89 bits per heavy atom. The second-order valence-corrected chi connectivity index (χ2v) is 5.37. The van der Waals surface area contributed by atoms with Crippen LogP contribution in [0.2, 0.25) is 0 Å². The lowest BCUT2D eigenvalue weighted by atomic mass is 10.2. The number of ether oxygens (including phenoxy) is 3. The number of hydrogen-bond donors (Lipinski definition) is 1. The zero-order valence-electron chi connectivity index (χ0n) is 14.7. The fourth-order valence-corrected chi connectivity index (χ4v) is 2.10. The predicted molar refractivity (Wildman–Crippen MR) is 95.8 cm³/mol. The minimum atomic E-state index is -0.910. The molecule has 27 heavy (non-hydrogen) atoms. The average molecular weight is 374 g/mol. The Bertz CT molecular complexity index is 824. The number of nitrogens with zero attached hydrogens (tertiary/aromatic N) is 1. The predicted octanol–water partition coefficient (Wildman–Crippen LogP) is 2.55. The largest absolute Gasteiger partial charge is 0.495 e. The highest BCUT2D eigenvalue weighted by atomic mass is 16.6. The van der Waals surface area contributed by atoms with Crippen molar-refractivity contribution in [2.24, 2.45) is 0 Å². The van der Waals surface area contributed by atoms with Gasteiger partial charge in [0.2, 0.25) is 0 Å². The summed E-state index contributed by atoms with van der Waals surface area (Å²) in [7, 11) is 1.36. The molecule has 0 bridgehead atoms. The lowest BCUT2D eigenvalue weighted by Gasteiger charge is -2.14. The van der Waals surface area contributed by atoms with Crippen molar-refractivity contribution in [3.63, 3.8) is 0 Å². The first-order valence-electron chi connectivity index (χ1n) is 7.91. The molecule has 1 N–H and O–H groups in total. The van der Waals surface area contributed by atoms with Crippen LogP contribution in [0.1, 0.15) is 6.92 Å². The summed E-state index contributed by atoms with van der Waals surface area (Å²) in [6.45, 7) is 0.921. The van der Waals surface area contributed by atoms with E-state index in [2.05, 4.69) is 5.32 Å². The van der Waals surface area contributed by atoms with Crippen LogP contribution >= 0.6 is 0 Å². The molecule has 2 aromatic carbocycles. The molecule has 142 valence electrons. The first kappa shape index (κ1) is 19.7. The van der Waals surface area contributed by atoms with E-state index < -0.39 is 29.5 Å². The van der Waals surface area contributed by atoms with Gasteiger partial charge in [0.15, 0.2) is 12.7 Å². The molecule has 0 aromatic heterocycles. The third-order valence-corrected chi connectivity index (χ3v) is 3.40. The first-order chi connectivity index (χ1) is 12.9. The van der Waals surface area contributed by atoms with Crippen molar-refractivity contribution >= 4 is 23.3 Å². The number of carbonyl (C=O) groups excluding carboxylic acids is 2. The number of hydrogen-bond acceptors (Lipinski definition) is 7. The van der Waals surface area contributed by atoms with Gasteiger partial charge >= 0.3 is 5.97 Å². The van der Waals surface area contributed by atoms with Gasteiger partial charge < -0.3 is 19.5 Å². The monoisotopic (exact) mass is 374 g/mol. The fourth-order valence-electron chi connectivity index (χ4n) is 2.10. The maximum absolute atomic E-state index is 12.0. The van der Waals surface area contributed by atoms with Gasteiger partial charge in [-0.05, 0) is 25.1 Å². The molecule has 2 aromatic rings. The highest BCUT2D eigenvalue weighted by Crippen LogP contribution is 2.28. The van der Waals surface area contributed by atoms with Crippen LogP contribution in [-0.4, -0.2) is 36.6 Å². The molecular formula is C18H18N2O7. The van der Waals surface area contributed by atoms with Crippen LogP contribution < -0.4 is 14.8 Å². The second kappa shape index (κ2) is 9.18. The number of benzene rings is 2. The van der Waals surface area contributed by atoms with E-state index >= 15 is 0 Å². The van der Waals surface area contributed by atoms with Crippen molar-refractivity contribution in [3.8, 4) is 11.5 Å². The SMILES string of the molecule is COc1ccc([N+](=O)[O-])cc1NC(=O)COC(=O)[C@H](C)Oc1ccccc1. The van der Waals surface area contributed by atoms with Gasteiger partial charge in [-0.2, -0.15) is 0 Å². The Hall–Kier alpha value is -3.62. The topological polar surface area (TPSA) is 117 Å². The van der Waals surface area contributed by atoms with Crippen molar-refractivity contribution in [1.29, 1.82) is 0 Å². The van der Waals surface area contributed by atoms with E-state index in [4.69, 9.17) is 14.2 Å². The molecular weight excluding hydrogens is 356 g/mol. The number of anilines is 1. The summed E-state index contributed by atoms with van der Waals surface area (Å²) in [6, 6.07) is 12.4. The highest BCUT2D eigenvalue weighted by Gasteiger charge is 2.19. The quantitative estimate of drug-likeness (QED) is 0.429. The van der Waals surface area contributed by atoms with Crippen LogP contribution in [0.25, 0.3) is 0 Å². The van der Waals surface area contributed by atoms with Crippen LogP contribution in [0.5, 0.6) is 11.5 Å². The lowest BCUT2D eigenvalue weighted by molar-refractivity contribution is -0.384. The first-order valence-corrected chi connectivity index (χ1v) is 7.91. The number of carbonyl (C=O) groups is 2. The van der Waals surface area contributed by atoms with E-state index in [9.17, 15) is 19.7 Å². The van der Waals surface area contributed by atoms with Crippen molar-refractivity contribution in [3.05, 3.63) is 58.6 Å². The Morgan fingerprint density at radius 3 is 2.52 bits per heavy atom. The minimum Gasteiger partial charge on any atom is -0.495 e. The van der Waals surface area contributed by atoms with Crippen molar-refractivity contribution in [1.82, 2.24) is 0 Å². The molecule has 9 nitrogen and oxygen atoms in total. The maximum Gasteiger partial charge on any atom is 0.347 e. The molecule has 9 heteroatoms. The van der Waals surface area contributed by atoms with Gasteiger partial charge in [-0.3, -0.25) is 14.9 Å². The molecule has 0 fully saturated rings. The zero-order valence-corrected chi connectivity index (χ0v) is 14.7. The Morgan fingerprint density at radius 1 is 1.19 bits per heavy atom. The normalized spacial score (nSPS) is 11.2. The molecule has 0 spiro atoms. The molecule has 2 rings (SSSR count). The third-order valence-electron chi connectivity index (χ3n) is 3.40. The summed E-state index contributed by atoms with van der Waals surface area (Å²) < 4.78 is 15.4. The fraction of sp³-hybridized carbons (Fsp3) is 0.222. The standard InChI is InChI=1S/C18H18N2O7/c1-12(27-14-6-4-3-5-7-14)18(22)26-11-17(21)19-15-10-13(20(23)24)8-9-16(15)25-2/h3-10,12H,11H2,1-2H3,(H,19,21)/t12-/m0/s1. The molecule has 0 unspecified atom stereocenters. The van der Waals surface area contributed by atoms with Gasteiger partial charge in [-0.15, -0.1) is 0 Å². The van der Waals surface area contributed by atoms with Crippen LogP contribution in [0, 0.1) is 10.1 Å². The summed E-state index contributed by atoms with van der Waals surface area (Å²) in [5.41, 5.74) is -0.116. The smallest absolute Gasteiger partial charge is 0.347 e. The summed E-state index contributed by atoms with van der Waals surface area (Å²) in [5, 5.41) is 13.3. The van der Waals surface area contributed by atoms with Crippen molar-refractivity contribution < 1.29 is 28.7 Å². The number of methoxy groups -OCH3 is 1. The lowest BCUT2D eigenvalue weighted by Crippen LogP contribution is -2.29. The second-order valence-electron chi connectivity index (χ2n) is 5.37. The Kier molecular flexibility index (Phi) is 6.70. The molecule has 1 amide bonds. The molecule has 0 aliphatic carbocycles. The molecule has 0 heterocycles. The number of esters is 1. The van der Waals surface area contributed by atoms with E-state index in [0.29, 0.717) is 5.75 Å². The maximum atomic E-state index is 12.0. The van der Waals surface area contributed by atoms with Gasteiger partial charge in [0.1, 0.15) is 11.5 Å². The number of nitro benzene ring substituents is 1. The minimum absolute atomic E-state index is 0.0985. The molecule has 1 atom stereocenters. The van der Waals surface area contributed by atoms with Crippen LogP contribution in [0.4, 0.5) is 11.4 Å². The van der Waals surface area contributed by atoms with E-state index in [1.54, 1.807) is 24.3 Å². The Balaban J connectivity index is 1.91. The van der Waals surface area contributed by atoms with Gasteiger partial charge in [0, 0.05) is 12.1 Å². The van der Waals surface area contributed by atoms with Crippen molar-refractivity contribution in [2.75, 3.05) is 19.0 Å². The number of para-hydroxylation sites is 1. The molecule has 0 aliphatic heterocycles. The highest BCUT2D eigenvalue weighted by molar-refractivity contribution is 5.94. The Labute approximate surface area is 155 Å². The summed E-state index contributed by atoms with van der Waals surface area (Å²) >= 11 is 0. The van der Waals surface area contributed by atoms with Crippen LogP contribution in [0.15, 0.2) is 48.5 Å². The third kappa shape index (κ3) is 5.70. The van der Waals surface area contributed by atoms with E-state index in [0.717, 1.165) is 6.07 Å². The number of nitro groups is 1. The van der Waals surface area contributed by atoms with E-state index in [-0.39, 0.29) is 17.1 Å². The molecule has 0 radical (unpaired) electrons. The number of amides is 1. The van der Waals surface area contributed by atoms with E-state index in [1.165, 1.54) is 26.2 Å². The average Bonchev–Trinajstić information content (AvgIpc) is 2.66. The summed E-state index contributed by atoms with van der Waals surface area (Å²) in [4.78, 5) is 34.2. The number of non-ortho nitro benzene ring substituents is 1. The van der Waals surface area contributed by atoms with Crippen LogP contribution in [0.3, 0.4) is 0 Å². The summed E-state index contributed by atoms with van der Waals surface area (Å²) in [6.07, 6.45) is -0.910. The van der Waals surface area contributed by atoms with Gasteiger partial charge in [-0.1, -0.05) is 18.2 Å². The number of nitrogens with one attached hydrogen (secondary N) is 1. The molecule has 0 aliphatic rings. The van der Waals surface area contributed by atoms with Gasteiger partial charge in [0.25, 0.3) is 11.6 Å². The van der Waals surface area contributed by atoms with Gasteiger partial charge in [0.05, 0.1) is 17.7 Å². The van der Waals surface area contributed by atoms with Crippen LogP contribution in [-0.2, 0) is 14.3 Å². The van der Waals surface area contributed by atoms with E-state index in [1.807, 2.05) is 6.07 Å². The van der Waals surface area contributed by atoms with Gasteiger partial charge in [-0.25, -0.2) is 4.79 Å². The molecule has 0 saturated heterocycles. The molecule has 0 saturated carbocycles.